The van der Waals surface area contributed by atoms with Gasteiger partial charge in [-0.3, -0.25) is 0 Å². The summed E-state index contributed by atoms with van der Waals surface area (Å²) in [6.07, 6.45) is 2.11. The van der Waals surface area contributed by atoms with E-state index in [4.69, 9.17) is 4.74 Å². The van der Waals surface area contributed by atoms with Crippen LogP contribution in [0.5, 0.6) is 0 Å². The number of carbonyl (C=O) groups excluding carboxylic acids is 1. The molecule has 0 aromatic carbocycles. The highest BCUT2D eigenvalue weighted by atomic mass is 16.6. The molecule has 14 heavy (non-hydrogen) atoms. The van der Waals surface area contributed by atoms with Crippen LogP contribution in [0.15, 0.2) is 0 Å². The second kappa shape index (κ2) is 3.44. The van der Waals surface area contributed by atoms with Gasteiger partial charge in [-0.15, -0.1) is 0 Å². The Morgan fingerprint density at radius 1 is 1.21 bits per heavy atom. The van der Waals surface area contributed by atoms with Gasteiger partial charge in [0.25, 0.3) is 0 Å². The van der Waals surface area contributed by atoms with Crippen molar-refractivity contribution in [3.63, 3.8) is 0 Å². The average molecular weight is 199 g/mol. The fraction of sp³-hybridized carbons (Fsp3) is 0.909. The van der Waals surface area contributed by atoms with Crippen molar-refractivity contribution < 1.29 is 9.53 Å². The largest absolute Gasteiger partial charge is 0.444 e. The SMILES string of the molecule is CC(C)(C)OC(=O)NC(C)(C)C1CC1. The zero-order valence-electron chi connectivity index (χ0n) is 9.81. The Bertz CT molecular complexity index is 224. The Kier molecular flexibility index (Phi) is 2.79. The Balaban J connectivity index is 2.40. The first-order chi connectivity index (χ1) is 6.21. The van der Waals surface area contributed by atoms with Crippen molar-refractivity contribution in [1.29, 1.82) is 0 Å². The van der Waals surface area contributed by atoms with Crippen molar-refractivity contribution >= 4 is 6.09 Å². The third kappa shape index (κ3) is 3.56. The lowest BCUT2D eigenvalue weighted by Crippen LogP contribution is -2.47. The van der Waals surface area contributed by atoms with Gasteiger partial charge < -0.3 is 10.1 Å². The van der Waals surface area contributed by atoms with E-state index in [2.05, 4.69) is 19.2 Å². The first kappa shape index (κ1) is 11.3. The maximum atomic E-state index is 11.5. The molecule has 1 N–H and O–H groups in total. The number of alkyl carbamates (subject to hydrolysis) is 1. The molecular weight excluding hydrogens is 178 g/mol. The molecule has 1 saturated carbocycles. The Morgan fingerprint density at radius 3 is 2.07 bits per heavy atom. The van der Waals surface area contributed by atoms with Crippen LogP contribution in [0.4, 0.5) is 4.79 Å². The molecule has 1 amide bonds. The highest BCUT2D eigenvalue weighted by Crippen LogP contribution is 2.39. The van der Waals surface area contributed by atoms with E-state index < -0.39 is 5.60 Å². The third-order valence-electron chi connectivity index (χ3n) is 2.42. The van der Waals surface area contributed by atoms with Crippen LogP contribution >= 0.6 is 0 Å². The highest BCUT2D eigenvalue weighted by molar-refractivity contribution is 5.68. The van der Waals surface area contributed by atoms with E-state index in [0.717, 1.165) is 0 Å². The molecule has 0 bridgehead atoms. The van der Waals surface area contributed by atoms with Crippen LogP contribution in [-0.2, 0) is 4.74 Å². The van der Waals surface area contributed by atoms with Crippen LogP contribution in [0.1, 0.15) is 47.5 Å². The fourth-order valence-electron chi connectivity index (χ4n) is 1.47. The molecule has 0 spiro atoms. The molecule has 1 aliphatic rings. The van der Waals surface area contributed by atoms with Gasteiger partial charge in [-0.05, 0) is 53.4 Å². The molecule has 0 atom stereocenters. The number of carbonyl (C=O) groups is 1. The minimum atomic E-state index is -0.413. The van der Waals surface area contributed by atoms with E-state index in [-0.39, 0.29) is 11.6 Å². The summed E-state index contributed by atoms with van der Waals surface area (Å²) in [5.74, 6) is 0.620. The Morgan fingerprint density at radius 2 is 1.71 bits per heavy atom. The van der Waals surface area contributed by atoms with Gasteiger partial charge in [0.2, 0.25) is 0 Å². The van der Waals surface area contributed by atoms with Crippen molar-refractivity contribution in [2.45, 2.75) is 58.6 Å². The molecule has 1 fully saturated rings. The molecule has 1 rings (SSSR count). The molecule has 0 unspecified atom stereocenters. The maximum absolute atomic E-state index is 11.5. The van der Waals surface area contributed by atoms with Crippen molar-refractivity contribution in [2.75, 3.05) is 0 Å². The van der Waals surface area contributed by atoms with E-state index in [1.807, 2.05) is 20.8 Å². The predicted octanol–water partition coefficient (Wildman–Crippen LogP) is 2.70. The number of amides is 1. The third-order valence-corrected chi connectivity index (χ3v) is 2.42. The monoisotopic (exact) mass is 199 g/mol. The number of hydrogen-bond donors (Lipinski definition) is 1. The van der Waals surface area contributed by atoms with Crippen LogP contribution in [0.25, 0.3) is 0 Å². The topological polar surface area (TPSA) is 38.3 Å². The van der Waals surface area contributed by atoms with Crippen LogP contribution in [0.2, 0.25) is 0 Å². The molecule has 0 aromatic heterocycles. The Hall–Kier alpha value is -0.730. The second-order valence-corrected chi connectivity index (χ2v) is 5.62. The summed E-state index contributed by atoms with van der Waals surface area (Å²) < 4.78 is 5.20. The minimum Gasteiger partial charge on any atom is -0.444 e. The van der Waals surface area contributed by atoms with Crippen LogP contribution in [0, 0.1) is 5.92 Å². The van der Waals surface area contributed by atoms with Gasteiger partial charge in [0, 0.05) is 5.54 Å². The lowest BCUT2D eigenvalue weighted by molar-refractivity contribution is 0.0461. The summed E-state index contributed by atoms with van der Waals surface area (Å²) in [6, 6.07) is 0. The van der Waals surface area contributed by atoms with Crippen molar-refractivity contribution in [3.8, 4) is 0 Å². The summed E-state index contributed by atoms with van der Waals surface area (Å²) in [6.45, 7) is 9.72. The molecular formula is C11H21NO2. The smallest absolute Gasteiger partial charge is 0.408 e. The van der Waals surface area contributed by atoms with E-state index in [0.29, 0.717) is 5.92 Å². The molecule has 3 nitrogen and oxygen atoms in total. The molecule has 0 aliphatic heterocycles. The lowest BCUT2D eigenvalue weighted by atomic mass is 9.99. The van der Waals surface area contributed by atoms with Gasteiger partial charge >= 0.3 is 6.09 Å². The molecule has 0 aromatic rings. The first-order valence-electron chi connectivity index (χ1n) is 5.22. The van der Waals surface area contributed by atoms with E-state index >= 15 is 0 Å². The molecule has 3 heteroatoms. The standard InChI is InChI=1S/C11H21NO2/c1-10(2,3)14-9(13)12-11(4,5)8-6-7-8/h8H,6-7H2,1-5H3,(H,12,13). The van der Waals surface area contributed by atoms with Gasteiger partial charge in [0.1, 0.15) is 5.60 Å². The van der Waals surface area contributed by atoms with Crippen molar-refractivity contribution in [1.82, 2.24) is 5.32 Å². The summed E-state index contributed by atoms with van der Waals surface area (Å²) in [5.41, 5.74) is -0.536. The molecule has 1 aliphatic carbocycles. The van der Waals surface area contributed by atoms with Gasteiger partial charge in [-0.25, -0.2) is 4.79 Å². The summed E-state index contributed by atoms with van der Waals surface area (Å²) in [5, 5.41) is 2.91. The highest BCUT2D eigenvalue weighted by Gasteiger charge is 2.39. The zero-order chi connectivity index (χ0) is 11.0. The van der Waals surface area contributed by atoms with Crippen molar-refractivity contribution in [2.24, 2.45) is 5.92 Å². The van der Waals surface area contributed by atoms with E-state index in [1.165, 1.54) is 12.8 Å². The minimum absolute atomic E-state index is 0.123. The lowest BCUT2D eigenvalue weighted by Gasteiger charge is -2.28. The van der Waals surface area contributed by atoms with E-state index in [9.17, 15) is 4.79 Å². The summed E-state index contributed by atoms with van der Waals surface area (Å²) in [7, 11) is 0. The van der Waals surface area contributed by atoms with Gasteiger partial charge in [0.05, 0.1) is 0 Å². The summed E-state index contributed by atoms with van der Waals surface area (Å²) >= 11 is 0. The van der Waals surface area contributed by atoms with Crippen LogP contribution in [-0.4, -0.2) is 17.2 Å². The predicted molar refractivity (Wildman–Crippen MR) is 56.2 cm³/mol. The number of rotatable bonds is 2. The second-order valence-electron chi connectivity index (χ2n) is 5.62. The Labute approximate surface area is 86.2 Å². The quantitative estimate of drug-likeness (QED) is 0.742. The zero-order valence-corrected chi connectivity index (χ0v) is 9.81. The number of nitrogens with one attached hydrogen (secondary N) is 1. The molecule has 0 heterocycles. The normalized spacial score (nSPS) is 17.8. The van der Waals surface area contributed by atoms with Gasteiger partial charge in [-0.2, -0.15) is 0 Å². The number of ether oxygens (including phenoxy) is 1. The van der Waals surface area contributed by atoms with Gasteiger partial charge in [0.15, 0.2) is 0 Å². The average Bonchev–Trinajstić information content (AvgIpc) is 2.57. The summed E-state index contributed by atoms with van der Waals surface area (Å²) in [4.78, 5) is 11.5. The fourth-order valence-corrected chi connectivity index (χ4v) is 1.47. The van der Waals surface area contributed by atoms with Crippen molar-refractivity contribution in [3.05, 3.63) is 0 Å². The number of hydrogen-bond acceptors (Lipinski definition) is 2. The maximum Gasteiger partial charge on any atom is 0.408 e. The molecule has 0 radical (unpaired) electrons. The first-order valence-corrected chi connectivity index (χ1v) is 5.22. The van der Waals surface area contributed by atoms with E-state index in [1.54, 1.807) is 0 Å². The van der Waals surface area contributed by atoms with Crippen LogP contribution < -0.4 is 5.32 Å². The van der Waals surface area contributed by atoms with Crippen LogP contribution in [0.3, 0.4) is 0 Å². The molecule has 0 saturated heterocycles. The molecule has 82 valence electrons. The van der Waals surface area contributed by atoms with Gasteiger partial charge in [-0.1, -0.05) is 0 Å².